The Balaban J connectivity index is 0.000000796. The molecule has 0 saturated carbocycles. The number of Topliss-reactive ketones (excluding diaryl/α,β-unsaturated/α-hetero) is 1. The van der Waals surface area contributed by atoms with Crippen LogP contribution in [0.5, 0.6) is 0 Å². The summed E-state index contributed by atoms with van der Waals surface area (Å²) in [5.74, 6) is 0.521. The van der Waals surface area contributed by atoms with Gasteiger partial charge in [0.25, 0.3) is 0 Å². The summed E-state index contributed by atoms with van der Waals surface area (Å²) >= 11 is 0. The van der Waals surface area contributed by atoms with Gasteiger partial charge in [0.1, 0.15) is 5.78 Å². The molecule has 0 spiro atoms. The second kappa shape index (κ2) is 9.78. The maximum atomic E-state index is 9.44. The van der Waals surface area contributed by atoms with Gasteiger partial charge in [-0.2, -0.15) is 5.10 Å². The molecule has 20 heavy (non-hydrogen) atoms. The predicted octanol–water partition coefficient (Wildman–Crippen LogP) is 3.07. The summed E-state index contributed by atoms with van der Waals surface area (Å²) in [5, 5.41) is 6.07. The molecule has 0 radical (unpaired) electrons. The maximum absolute atomic E-state index is 9.44. The SMILES string of the molecule is C=C/C=N\N(C)CC(C)c1ccccc1N.CC(C)=O. The number of likely N-dealkylation sites (N-methyl/N-ethyl adjacent to an activating group) is 1. The Bertz CT molecular complexity index is 451. The van der Waals surface area contributed by atoms with Gasteiger partial charge >= 0.3 is 0 Å². The van der Waals surface area contributed by atoms with Crippen molar-refractivity contribution in [3.63, 3.8) is 0 Å². The van der Waals surface area contributed by atoms with Crippen LogP contribution in [0, 0.1) is 0 Å². The van der Waals surface area contributed by atoms with Gasteiger partial charge < -0.3 is 10.5 Å². The normalized spacial score (nSPS) is 11.4. The van der Waals surface area contributed by atoms with E-state index in [-0.39, 0.29) is 5.78 Å². The fraction of sp³-hybridized carbons (Fsp3) is 0.375. The summed E-state index contributed by atoms with van der Waals surface area (Å²) in [4.78, 5) is 9.44. The van der Waals surface area contributed by atoms with E-state index in [9.17, 15) is 4.79 Å². The van der Waals surface area contributed by atoms with Crippen molar-refractivity contribution < 1.29 is 4.79 Å². The number of hydrazone groups is 1. The van der Waals surface area contributed by atoms with Crippen molar-refractivity contribution in [1.29, 1.82) is 0 Å². The Kier molecular flexibility index (Phi) is 8.75. The summed E-state index contributed by atoms with van der Waals surface area (Å²) in [6.07, 6.45) is 3.35. The van der Waals surface area contributed by atoms with Crippen molar-refractivity contribution in [2.24, 2.45) is 5.10 Å². The average Bonchev–Trinajstić information content (AvgIpc) is 2.36. The van der Waals surface area contributed by atoms with E-state index < -0.39 is 0 Å². The Hall–Kier alpha value is -2.10. The van der Waals surface area contributed by atoms with Gasteiger partial charge in [0, 0.05) is 31.4 Å². The third kappa shape index (κ3) is 8.08. The minimum atomic E-state index is 0.167. The number of hydrogen-bond acceptors (Lipinski definition) is 4. The molecule has 0 aliphatic heterocycles. The predicted molar refractivity (Wildman–Crippen MR) is 86.9 cm³/mol. The number of rotatable bonds is 5. The molecule has 0 aliphatic carbocycles. The highest BCUT2D eigenvalue weighted by Crippen LogP contribution is 2.22. The number of nitrogens with two attached hydrogens (primary N) is 1. The lowest BCUT2D eigenvalue weighted by atomic mass is 9.99. The summed E-state index contributed by atoms with van der Waals surface area (Å²) in [6, 6.07) is 7.95. The van der Waals surface area contributed by atoms with E-state index in [0.29, 0.717) is 5.92 Å². The van der Waals surface area contributed by atoms with Gasteiger partial charge in [-0.3, -0.25) is 5.01 Å². The number of benzene rings is 1. The molecule has 0 saturated heterocycles. The van der Waals surface area contributed by atoms with Crippen LogP contribution in [0.15, 0.2) is 42.0 Å². The highest BCUT2D eigenvalue weighted by molar-refractivity contribution is 5.72. The first-order valence-corrected chi connectivity index (χ1v) is 6.56. The number of para-hydroxylation sites is 1. The van der Waals surface area contributed by atoms with Crippen LogP contribution < -0.4 is 5.73 Å². The summed E-state index contributed by atoms with van der Waals surface area (Å²) in [7, 11) is 1.94. The van der Waals surface area contributed by atoms with Crippen molar-refractivity contribution >= 4 is 17.7 Å². The Morgan fingerprint density at radius 1 is 1.45 bits per heavy atom. The van der Waals surface area contributed by atoms with Crippen molar-refractivity contribution in [3.8, 4) is 0 Å². The zero-order chi connectivity index (χ0) is 15.5. The van der Waals surface area contributed by atoms with Gasteiger partial charge in [-0.05, 0) is 31.6 Å². The number of allylic oxidation sites excluding steroid dienone is 1. The van der Waals surface area contributed by atoms with Gasteiger partial charge in [0.05, 0.1) is 0 Å². The molecule has 1 aromatic rings. The third-order valence-corrected chi connectivity index (χ3v) is 2.43. The zero-order valence-corrected chi connectivity index (χ0v) is 12.8. The van der Waals surface area contributed by atoms with Crippen molar-refractivity contribution in [2.45, 2.75) is 26.7 Å². The number of hydrogen-bond donors (Lipinski definition) is 1. The van der Waals surface area contributed by atoms with Crippen LogP contribution in [0.3, 0.4) is 0 Å². The topological polar surface area (TPSA) is 58.7 Å². The third-order valence-electron chi connectivity index (χ3n) is 2.43. The van der Waals surface area contributed by atoms with Gasteiger partial charge in [0.15, 0.2) is 0 Å². The lowest BCUT2D eigenvalue weighted by Crippen LogP contribution is -2.18. The summed E-state index contributed by atoms with van der Waals surface area (Å²) in [6.45, 7) is 9.62. The number of anilines is 1. The molecule has 1 atom stereocenters. The number of carbonyl (C=O) groups is 1. The lowest BCUT2D eigenvalue weighted by Gasteiger charge is -2.19. The van der Waals surface area contributed by atoms with E-state index in [1.54, 1.807) is 12.3 Å². The summed E-state index contributed by atoms with van der Waals surface area (Å²) < 4.78 is 0. The molecule has 1 unspecified atom stereocenters. The average molecular weight is 275 g/mol. The van der Waals surface area contributed by atoms with Crippen molar-refractivity contribution in [1.82, 2.24) is 5.01 Å². The first-order chi connectivity index (χ1) is 9.38. The molecule has 4 heteroatoms. The molecule has 110 valence electrons. The van der Waals surface area contributed by atoms with Crippen LogP contribution in [0.1, 0.15) is 32.3 Å². The van der Waals surface area contributed by atoms with E-state index in [1.165, 1.54) is 19.4 Å². The monoisotopic (exact) mass is 275 g/mol. The molecular formula is C16H25N3O. The van der Waals surface area contributed by atoms with Gasteiger partial charge in [-0.1, -0.05) is 31.7 Å². The molecule has 1 aromatic carbocycles. The molecule has 4 nitrogen and oxygen atoms in total. The van der Waals surface area contributed by atoms with Crippen LogP contribution >= 0.6 is 0 Å². The zero-order valence-electron chi connectivity index (χ0n) is 12.8. The van der Waals surface area contributed by atoms with E-state index in [4.69, 9.17) is 5.73 Å². The van der Waals surface area contributed by atoms with E-state index in [1.807, 2.05) is 30.3 Å². The first kappa shape index (κ1) is 17.9. The van der Waals surface area contributed by atoms with Crippen LogP contribution in [0.2, 0.25) is 0 Å². The van der Waals surface area contributed by atoms with Gasteiger partial charge in [0.2, 0.25) is 0 Å². The van der Waals surface area contributed by atoms with Gasteiger partial charge in [-0.15, -0.1) is 0 Å². The molecular weight excluding hydrogens is 250 g/mol. The lowest BCUT2D eigenvalue weighted by molar-refractivity contribution is -0.114. The number of ketones is 1. The standard InChI is InChI=1S/C13H19N3.C3H6O/c1-4-9-15-16(3)10-11(2)12-7-5-6-8-13(12)14;1-3(2)4/h4-9,11H,1,10,14H2,2-3H3;1-2H3/b15-9-;. The molecule has 0 aliphatic rings. The van der Waals surface area contributed by atoms with Crippen LogP contribution in [-0.4, -0.2) is 30.6 Å². The minimum Gasteiger partial charge on any atom is -0.398 e. The van der Waals surface area contributed by atoms with Crippen LogP contribution in [0.25, 0.3) is 0 Å². The highest BCUT2D eigenvalue weighted by atomic mass is 16.1. The molecule has 0 amide bonds. The van der Waals surface area contributed by atoms with Gasteiger partial charge in [-0.25, -0.2) is 0 Å². The quantitative estimate of drug-likeness (QED) is 0.510. The van der Waals surface area contributed by atoms with Crippen molar-refractivity contribution in [3.05, 3.63) is 42.5 Å². The first-order valence-electron chi connectivity index (χ1n) is 6.56. The fourth-order valence-electron chi connectivity index (χ4n) is 1.66. The summed E-state index contributed by atoms with van der Waals surface area (Å²) in [5.41, 5.74) is 7.94. The Labute approximate surface area is 122 Å². The van der Waals surface area contributed by atoms with E-state index in [0.717, 1.165) is 12.2 Å². The molecule has 0 aromatic heterocycles. The van der Waals surface area contributed by atoms with E-state index in [2.05, 4.69) is 24.7 Å². The second-order valence-corrected chi connectivity index (χ2v) is 4.78. The number of carbonyl (C=O) groups excluding carboxylic acids is 1. The van der Waals surface area contributed by atoms with E-state index >= 15 is 0 Å². The van der Waals surface area contributed by atoms with Crippen LogP contribution in [0.4, 0.5) is 5.69 Å². The number of nitrogen functional groups attached to an aromatic ring is 1. The highest BCUT2D eigenvalue weighted by Gasteiger charge is 2.09. The minimum absolute atomic E-state index is 0.167. The Morgan fingerprint density at radius 3 is 2.50 bits per heavy atom. The Morgan fingerprint density at radius 2 is 2.00 bits per heavy atom. The second-order valence-electron chi connectivity index (χ2n) is 4.78. The number of nitrogens with zero attached hydrogens (tertiary/aromatic N) is 2. The van der Waals surface area contributed by atoms with Crippen LogP contribution in [-0.2, 0) is 4.79 Å². The molecule has 0 fully saturated rings. The molecule has 0 bridgehead atoms. The molecule has 2 N–H and O–H groups in total. The molecule has 0 heterocycles. The smallest absolute Gasteiger partial charge is 0.126 e. The van der Waals surface area contributed by atoms with Crippen molar-refractivity contribution in [2.75, 3.05) is 19.3 Å². The fourth-order valence-corrected chi connectivity index (χ4v) is 1.66. The maximum Gasteiger partial charge on any atom is 0.126 e. The largest absolute Gasteiger partial charge is 0.398 e. The molecule has 1 rings (SSSR count).